The molecule has 3 N–H and O–H groups in total. The zero-order valence-corrected chi connectivity index (χ0v) is 13.2. The molecule has 0 aromatic carbocycles. The van der Waals surface area contributed by atoms with Gasteiger partial charge in [0.15, 0.2) is 0 Å². The molecule has 1 aromatic heterocycles. The standard InChI is InChI=1S/C14H26N4O2/c1-9(15-7-14(4,20)8-18(5)6)12-10(2)16-11(3)17-13(12)19/h9,15,20H,7-8H2,1-6H3,(H,16,17,19). The number of nitrogens with one attached hydrogen (secondary N) is 2. The second kappa shape index (κ2) is 6.47. The van der Waals surface area contributed by atoms with E-state index < -0.39 is 5.60 Å². The maximum absolute atomic E-state index is 12.0. The van der Waals surface area contributed by atoms with Gasteiger partial charge in [0.25, 0.3) is 5.56 Å². The normalized spacial score (nSPS) is 16.2. The molecule has 0 saturated heterocycles. The molecular weight excluding hydrogens is 256 g/mol. The summed E-state index contributed by atoms with van der Waals surface area (Å²) in [6.45, 7) is 8.22. The number of H-pyrrole nitrogens is 1. The van der Waals surface area contributed by atoms with Gasteiger partial charge in [-0.15, -0.1) is 0 Å². The monoisotopic (exact) mass is 282 g/mol. The summed E-state index contributed by atoms with van der Waals surface area (Å²) in [5, 5.41) is 13.5. The van der Waals surface area contributed by atoms with Crippen LogP contribution in [-0.4, -0.2) is 52.8 Å². The quantitative estimate of drug-likeness (QED) is 0.701. The van der Waals surface area contributed by atoms with Crippen molar-refractivity contribution in [2.24, 2.45) is 0 Å². The van der Waals surface area contributed by atoms with Gasteiger partial charge in [-0.05, 0) is 41.8 Å². The first-order chi connectivity index (χ1) is 9.12. The zero-order valence-electron chi connectivity index (χ0n) is 13.2. The van der Waals surface area contributed by atoms with Crippen molar-refractivity contribution in [2.45, 2.75) is 39.3 Å². The minimum atomic E-state index is -0.851. The SMILES string of the molecule is Cc1nc(C)c(C(C)NCC(C)(O)CN(C)C)c(=O)[nH]1. The van der Waals surface area contributed by atoms with E-state index in [9.17, 15) is 9.90 Å². The van der Waals surface area contributed by atoms with Crippen LogP contribution in [0.15, 0.2) is 4.79 Å². The lowest BCUT2D eigenvalue weighted by atomic mass is 10.0. The van der Waals surface area contributed by atoms with Crippen LogP contribution in [0.3, 0.4) is 0 Å². The fourth-order valence-electron chi connectivity index (χ4n) is 2.46. The molecule has 20 heavy (non-hydrogen) atoms. The lowest BCUT2D eigenvalue weighted by molar-refractivity contribution is 0.0317. The van der Waals surface area contributed by atoms with Crippen molar-refractivity contribution in [3.63, 3.8) is 0 Å². The Morgan fingerprint density at radius 3 is 2.55 bits per heavy atom. The van der Waals surface area contributed by atoms with E-state index in [4.69, 9.17) is 0 Å². The third-order valence-corrected chi connectivity index (χ3v) is 3.14. The molecule has 1 aromatic rings. The maximum Gasteiger partial charge on any atom is 0.255 e. The summed E-state index contributed by atoms with van der Waals surface area (Å²) in [4.78, 5) is 20.9. The van der Waals surface area contributed by atoms with E-state index in [1.807, 2.05) is 32.8 Å². The number of aromatic nitrogens is 2. The van der Waals surface area contributed by atoms with E-state index in [-0.39, 0.29) is 11.6 Å². The molecule has 0 aliphatic heterocycles. The molecule has 0 amide bonds. The molecule has 114 valence electrons. The smallest absolute Gasteiger partial charge is 0.255 e. The first-order valence-electron chi connectivity index (χ1n) is 6.80. The minimum Gasteiger partial charge on any atom is -0.388 e. The molecule has 0 fully saturated rings. The first kappa shape index (κ1) is 16.8. The molecule has 0 bridgehead atoms. The summed E-state index contributed by atoms with van der Waals surface area (Å²) < 4.78 is 0. The van der Waals surface area contributed by atoms with E-state index >= 15 is 0 Å². The van der Waals surface area contributed by atoms with Gasteiger partial charge in [-0.25, -0.2) is 4.98 Å². The molecule has 0 saturated carbocycles. The summed E-state index contributed by atoms with van der Waals surface area (Å²) in [6.07, 6.45) is 0. The third-order valence-electron chi connectivity index (χ3n) is 3.14. The van der Waals surface area contributed by atoms with Gasteiger partial charge in [0, 0.05) is 24.8 Å². The van der Waals surface area contributed by atoms with Gasteiger partial charge in [-0.1, -0.05) is 0 Å². The molecule has 2 atom stereocenters. The van der Waals surface area contributed by atoms with Gasteiger partial charge in [0.2, 0.25) is 0 Å². The molecule has 0 radical (unpaired) electrons. The third kappa shape index (κ3) is 4.70. The highest BCUT2D eigenvalue weighted by Gasteiger charge is 2.23. The molecule has 0 aliphatic rings. The Kier molecular flexibility index (Phi) is 5.44. The number of aliphatic hydroxyl groups is 1. The van der Waals surface area contributed by atoms with Gasteiger partial charge in [-0.2, -0.15) is 0 Å². The summed E-state index contributed by atoms with van der Waals surface area (Å²) in [6, 6.07) is -0.166. The van der Waals surface area contributed by atoms with Crippen molar-refractivity contribution in [1.29, 1.82) is 0 Å². The minimum absolute atomic E-state index is 0.123. The molecule has 2 unspecified atom stereocenters. The Morgan fingerprint density at radius 2 is 2.05 bits per heavy atom. The number of aromatic amines is 1. The topological polar surface area (TPSA) is 81.2 Å². The fraction of sp³-hybridized carbons (Fsp3) is 0.714. The van der Waals surface area contributed by atoms with Gasteiger partial charge in [-0.3, -0.25) is 4.79 Å². The Bertz CT molecular complexity index is 508. The van der Waals surface area contributed by atoms with Crippen molar-refractivity contribution < 1.29 is 5.11 Å². The number of likely N-dealkylation sites (N-methyl/N-ethyl adjacent to an activating group) is 1. The summed E-state index contributed by atoms with van der Waals surface area (Å²) >= 11 is 0. The molecular formula is C14H26N4O2. The van der Waals surface area contributed by atoms with Crippen molar-refractivity contribution >= 4 is 0 Å². The van der Waals surface area contributed by atoms with E-state index in [0.717, 1.165) is 5.69 Å². The summed E-state index contributed by atoms with van der Waals surface area (Å²) in [5.74, 6) is 0.614. The molecule has 1 rings (SSSR count). The van der Waals surface area contributed by atoms with Crippen LogP contribution in [0, 0.1) is 13.8 Å². The average molecular weight is 282 g/mol. The van der Waals surface area contributed by atoms with Crippen molar-refractivity contribution in [3.05, 3.63) is 27.4 Å². The van der Waals surface area contributed by atoms with Crippen molar-refractivity contribution in [2.75, 3.05) is 27.2 Å². The average Bonchev–Trinajstić information content (AvgIpc) is 2.23. The Labute approximate surface area is 120 Å². The zero-order chi connectivity index (χ0) is 15.5. The van der Waals surface area contributed by atoms with Crippen LogP contribution in [0.1, 0.15) is 37.0 Å². The molecule has 6 heteroatoms. The lowest BCUT2D eigenvalue weighted by Crippen LogP contribution is -2.46. The second-order valence-electron chi connectivity index (χ2n) is 5.99. The number of aryl methyl sites for hydroxylation is 2. The summed E-state index contributed by atoms with van der Waals surface area (Å²) in [5.41, 5.74) is 0.369. The van der Waals surface area contributed by atoms with Crippen molar-refractivity contribution in [1.82, 2.24) is 20.2 Å². The summed E-state index contributed by atoms with van der Waals surface area (Å²) in [7, 11) is 3.83. The Morgan fingerprint density at radius 1 is 1.45 bits per heavy atom. The van der Waals surface area contributed by atoms with E-state index in [1.165, 1.54) is 0 Å². The molecule has 0 spiro atoms. The van der Waals surface area contributed by atoms with Crippen LogP contribution < -0.4 is 10.9 Å². The van der Waals surface area contributed by atoms with E-state index in [0.29, 0.717) is 24.5 Å². The van der Waals surface area contributed by atoms with Crippen LogP contribution >= 0.6 is 0 Å². The van der Waals surface area contributed by atoms with E-state index in [1.54, 1.807) is 13.8 Å². The maximum atomic E-state index is 12.0. The predicted octanol–water partition coefficient (Wildman–Crippen LogP) is 0.350. The van der Waals surface area contributed by atoms with Crippen LogP contribution in [0.25, 0.3) is 0 Å². The lowest BCUT2D eigenvalue weighted by Gasteiger charge is -2.29. The van der Waals surface area contributed by atoms with Crippen LogP contribution in [0.2, 0.25) is 0 Å². The molecule has 0 aliphatic carbocycles. The highest BCUT2D eigenvalue weighted by atomic mass is 16.3. The van der Waals surface area contributed by atoms with Gasteiger partial charge >= 0.3 is 0 Å². The fourth-order valence-corrected chi connectivity index (χ4v) is 2.46. The molecule has 6 nitrogen and oxygen atoms in total. The van der Waals surface area contributed by atoms with Crippen LogP contribution in [0.5, 0.6) is 0 Å². The number of hydrogen-bond acceptors (Lipinski definition) is 5. The van der Waals surface area contributed by atoms with E-state index in [2.05, 4.69) is 15.3 Å². The van der Waals surface area contributed by atoms with Crippen LogP contribution in [-0.2, 0) is 0 Å². The van der Waals surface area contributed by atoms with Crippen molar-refractivity contribution in [3.8, 4) is 0 Å². The number of rotatable bonds is 6. The van der Waals surface area contributed by atoms with Gasteiger partial charge in [0.05, 0.1) is 11.2 Å². The number of nitrogens with zero attached hydrogens (tertiary/aromatic N) is 2. The number of hydrogen-bond donors (Lipinski definition) is 3. The highest BCUT2D eigenvalue weighted by Crippen LogP contribution is 2.12. The van der Waals surface area contributed by atoms with Gasteiger partial charge < -0.3 is 20.3 Å². The van der Waals surface area contributed by atoms with Gasteiger partial charge in [0.1, 0.15) is 5.82 Å². The Hall–Kier alpha value is -1.24. The predicted molar refractivity (Wildman–Crippen MR) is 79.9 cm³/mol. The molecule has 1 heterocycles. The second-order valence-corrected chi connectivity index (χ2v) is 5.99. The highest BCUT2D eigenvalue weighted by molar-refractivity contribution is 5.20. The van der Waals surface area contributed by atoms with Crippen LogP contribution in [0.4, 0.5) is 0 Å². The first-order valence-corrected chi connectivity index (χ1v) is 6.80. The largest absolute Gasteiger partial charge is 0.388 e. The Balaban J connectivity index is 2.78.